The van der Waals surface area contributed by atoms with Crippen molar-refractivity contribution in [2.75, 3.05) is 0 Å². The van der Waals surface area contributed by atoms with Gasteiger partial charge in [-0.15, -0.1) is 22.9 Å². The monoisotopic (exact) mass is 416 g/mol. The summed E-state index contributed by atoms with van der Waals surface area (Å²) in [7, 11) is 0. The van der Waals surface area contributed by atoms with E-state index in [-0.39, 0.29) is 17.2 Å². The lowest BCUT2D eigenvalue weighted by Crippen LogP contribution is -2.19. The van der Waals surface area contributed by atoms with Gasteiger partial charge in [0, 0.05) is 15.8 Å². The second-order valence-corrected chi connectivity index (χ2v) is 9.02. The lowest BCUT2D eigenvalue weighted by atomic mass is 9.90. The molecule has 1 fully saturated rings. The lowest BCUT2D eigenvalue weighted by Gasteiger charge is -2.18. The molecule has 0 bridgehead atoms. The Kier molecular flexibility index (Phi) is 7.18. The number of halogens is 1. The molecule has 0 saturated heterocycles. The lowest BCUT2D eigenvalue weighted by molar-refractivity contribution is 0.0702. The molecule has 4 atom stereocenters. The van der Waals surface area contributed by atoms with Crippen molar-refractivity contribution in [1.29, 1.82) is 0 Å². The highest BCUT2D eigenvalue weighted by Gasteiger charge is 2.40. The van der Waals surface area contributed by atoms with Crippen LogP contribution >= 0.6 is 22.9 Å². The average molecular weight is 417 g/mol. The molecule has 28 heavy (non-hydrogen) atoms. The van der Waals surface area contributed by atoms with E-state index in [9.17, 15) is 9.90 Å². The second kappa shape index (κ2) is 9.60. The van der Waals surface area contributed by atoms with Crippen molar-refractivity contribution < 1.29 is 15.0 Å². The third kappa shape index (κ3) is 5.17. The molecule has 0 amide bonds. The van der Waals surface area contributed by atoms with Gasteiger partial charge in [0.2, 0.25) is 0 Å². The molecule has 0 radical (unpaired) electrons. The Hall–Kier alpha value is -1.80. The van der Waals surface area contributed by atoms with Gasteiger partial charge >= 0.3 is 5.97 Å². The van der Waals surface area contributed by atoms with Crippen molar-refractivity contribution >= 4 is 28.9 Å². The third-order valence-electron chi connectivity index (χ3n) is 5.36. The summed E-state index contributed by atoms with van der Waals surface area (Å²) in [5.41, 5.74) is 2.23. The van der Waals surface area contributed by atoms with Crippen LogP contribution in [0.2, 0.25) is 0 Å². The van der Waals surface area contributed by atoms with Crippen molar-refractivity contribution in [2.24, 2.45) is 11.8 Å². The van der Waals surface area contributed by atoms with E-state index in [2.05, 4.69) is 30.9 Å². The Bertz CT molecular complexity index is 879. The molecule has 1 aromatic heterocycles. The fourth-order valence-corrected chi connectivity index (χ4v) is 5.15. The quantitative estimate of drug-likeness (QED) is 0.515. The van der Waals surface area contributed by atoms with Crippen LogP contribution < -0.4 is 0 Å². The highest BCUT2D eigenvalue weighted by molar-refractivity contribution is 7.13. The van der Waals surface area contributed by atoms with E-state index < -0.39 is 12.1 Å². The summed E-state index contributed by atoms with van der Waals surface area (Å²) >= 11 is 7.85. The van der Waals surface area contributed by atoms with Crippen LogP contribution in [0.5, 0.6) is 0 Å². The van der Waals surface area contributed by atoms with Crippen LogP contribution in [0.25, 0.3) is 0 Å². The predicted molar refractivity (Wildman–Crippen MR) is 114 cm³/mol. The van der Waals surface area contributed by atoms with Gasteiger partial charge in [0.25, 0.3) is 0 Å². The number of rotatable bonds is 6. The van der Waals surface area contributed by atoms with Crippen molar-refractivity contribution in [2.45, 2.75) is 50.5 Å². The number of aryl methyl sites for hydroxylation is 2. The first-order chi connectivity index (χ1) is 13.5. The Morgan fingerprint density at radius 1 is 1.32 bits per heavy atom. The molecular weight excluding hydrogens is 392 g/mol. The summed E-state index contributed by atoms with van der Waals surface area (Å²) in [5.74, 6) is 5.68. The van der Waals surface area contributed by atoms with Gasteiger partial charge in [0.15, 0.2) is 0 Å². The molecular formula is C23H25ClO3S. The summed E-state index contributed by atoms with van der Waals surface area (Å²) in [5, 5.41) is 19.4. The molecule has 0 aliphatic heterocycles. The normalized spacial score (nSPS) is 24.0. The number of hydrogen-bond donors (Lipinski definition) is 2. The molecule has 2 N–H and O–H groups in total. The van der Waals surface area contributed by atoms with Gasteiger partial charge in [-0.2, -0.15) is 0 Å². The van der Waals surface area contributed by atoms with Crippen molar-refractivity contribution in [3.05, 3.63) is 57.3 Å². The maximum atomic E-state index is 11.0. The van der Waals surface area contributed by atoms with E-state index in [1.165, 1.54) is 16.9 Å². The number of aliphatic hydroxyl groups is 1. The minimum Gasteiger partial charge on any atom is -0.477 e. The van der Waals surface area contributed by atoms with Crippen molar-refractivity contribution in [3.63, 3.8) is 0 Å². The smallest absolute Gasteiger partial charge is 0.345 e. The first-order valence-corrected chi connectivity index (χ1v) is 11.0. The highest BCUT2D eigenvalue weighted by atomic mass is 35.5. The highest BCUT2D eigenvalue weighted by Crippen LogP contribution is 2.39. The van der Waals surface area contributed by atoms with Gasteiger partial charge in [0.05, 0.1) is 12.0 Å². The van der Waals surface area contributed by atoms with Gasteiger partial charge in [-0.25, -0.2) is 4.79 Å². The van der Waals surface area contributed by atoms with Crippen LogP contribution in [-0.4, -0.2) is 27.7 Å². The fourth-order valence-electron chi connectivity index (χ4n) is 3.80. The minimum atomic E-state index is -0.876. The van der Waals surface area contributed by atoms with E-state index >= 15 is 0 Å². The van der Waals surface area contributed by atoms with E-state index in [0.717, 1.165) is 36.1 Å². The van der Waals surface area contributed by atoms with Gasteiger partial charge in [-0.3, -0.25) is 0 Å². The standard InChI is InChI=1S/C23H25ClO3S/c1-2-15-5-3-6-16(13-15)9-11-19-18(20(24)14-21(19)25)8-4-7-17-10-12-22(28-17)23(26)27/h3,5-6,10,12-13,18-21,25H,2,4,7-8,14H2,1H3,(H,26,27)/t18-,19-,20-,21-/m1/s1. The molecule has 1 saturated carbocycles. The molecule has 1 aromatic carbocycles. The molecule has 148 valence electrons. The van der Waals surface area contributed by atoms with Crippen LogP contribution in [0.4, 0.5) is 0 Å². The van der Waals surface area contributed by atoms with E-state index in [1.54, 1.807) is 6.07 Å². The van der Waals surface area contributed by atoms with Crippen molar-refractivity contribution in [1.82, 2.24) is 0 Å². The van der Waals surface area contributed by atoms with Crippen LogP contribution in [0.3, 0.4) is 0 Å². The van der Waals surface area contributed by atoms with Crippen molar-refractivity contribution in [3.8, 4) is 11.8 Å². The van der Waals surface area contributed by atoms with Crippen LogP contribution in [-0.2, 0) is 12.8 Å². The van der Waals surface area contributed by atoms with Gasteiger partial charge in [-0.1, -0.05) is 30.9 Å². The third-order valence-corrected chi connectivity index (χ3v) is 6.99. The summed E-state index contributed by atoms with van der Waals surface area (Å²) in [6.07, 6.45) is 3.66. The number of carbonyl (C=O) groups is 1. The van der Waals surface area contributed by atoms with E-state index in [4.69, 9.17) is 16.7 Å². The van der Waals surface area contributed by atoms with Gasteiger partial charge in [-0.05, 0) is 67.9 Å². The zero-order chi connectivity index (χ0) is 20.1. The number of aromatic carboxylic acids is 1. The second-order valence-electron chi connectivity index (χ2n) is 7.30. The Morgan fingerprint density at radius 2 is 2.14 bits per heavy atom. The molecule has 1 aliphatic carbocycles. The first kappa shape index (κ1) is 20.9. The number of benzene rings is 1. The number of thiophene rings is 1. The molecule has 0 spiro atoms. The largest absolute Gasteiger partial charge is 0.477 e. The van der Waals surface area contributed by atoms with Gasteiger partial charge < -0.3 is 10.2 Å². The number of carboxylic acids is 1. The number of aliphatic hydroxyl groups excluding tert-OH is 1. The molecule has 1 aliphatic rings. The summed E-state index contributed by atoms with van der Waals surface area (Å²) < 4.78 is 0. The summed E-state index contributed by atoms with van der Waals surface area (Å²) in [6, 6.07) is 11.7. The summed E-state index contributed by atoms with van der Waals surface area (Å²) in [4.78, 5) is 12.4. The number of alkyl halides is 1. The first-order valence-electron chi connectivity index (χ1n) is 9.72. The molecule has 5 heteroatoms. The maximum Gasteiger partial charge on any atom is 0.345 e. The number of carboxylic acid groups (broad SMARTS) is 1. The minimum absolute atomic E-state index is 0.0748. The van der Waals surface area contributed by atoms with Crippen LogP contribution in [0.15, 0.2) is 36.4 Å². The van der Waals surface area contributed by atoms with Crippen LogP contribution in [0.1, 0.15) is 51.9 Å². The molecule has 1 heterocycles. The zero-order valence-corrected chi connectivity index (χ0v) is 17.5. The van der Waals surface area contributed by atoms with Gasteiger partial charge in [0.1, 0.15) is 4.88 Å². The Labute approximate surface area is 175 Å². The maximum absolute atomic E-state index is 11.0. The molecule has 2 aromatic rings. The Morgan fingerprint density at radius 3 is 2.86 bits per heavy atom. The topological polar surface area (TPSA) is 57.5 Å². The SMILES string of the molecule is CCc1cccc(C#C[C@@H]2[C@@H](CCCc3ccc(C(=O)O)s3)[C@H](Cl)C[C@H]2O)c1. The van der Waals surface area contributed by atoms with Crippen LogP contribution in [0, 0.1) is 23.7 Å². The summed E-state index contributed by atoms with van der Waals surface area (Å²) in [6.45, 7) is 2.12. The Balaban J connectivity index is 1.63. The van der Waals surface area contributed by atoms with E-state index in [0.29, 0.717) is 11.3 Å². The molecule has 3 nitrogen and oxygen atoms in total. The molecule has 3 rings (SSSR count). The average Bonchev–Trinajstić information content (AvgIpc) is 3.25. The fraction of sp³-hybridized carbons (Fsp3) is 0.435. The predicted octanol–water partition coefficient (Wildman–Crippen LogP) is 4.99. The zero-order valence-electron chi connectivity index (χ0n) is 15.9. The molecule has 0 unspecified atom stereocenters. The van der Waals surface area contributed by atoms with E-state index in [1.807, 2.05) is 18.2 Å². The number of hydrogen-bond acceptors (Lipinski definition) is 3.